The molecule has 4 nitrogen and oxygen atoms in total. The lowest BCUT2D eigenvalue weighted by Gasteiger charge is -2.23. The third-order valence-corrected chi connectivity index (χ3v) is 2.62. The van der Waals surface area contributed by atoms with Gasteiger partial charge in [-0.05, 0) is 12.3 Å². The van der Waals surface area contributed by atoms with Crippen molar-refractivity contribution in [1.82, 2.24) is 10.2 Å². The summed E-state index contributed by atoms with van der Waals surface area (Å²) in [7, 11) is 1.60. The molecule has 1 heterocycles. The topological polar surface area (TPSA) is 49.4 Å². The highest BCUT2D eigenvalue weighted by atomic mass is 16.2. The summed E-state index contributed by atoms with van der Waals surface area (Å²) in [6, 6.07) is -0.262. The minimum Gasteiger partial charge on any atom is -0.357 e. The van der Waals surface area contributed by atoms with Crippen molar-refractivity contribution in [3.05, 3.63) is 0 Å². The van der Waals surface area contributed by atoms with Gasteiger partial charge in [-0.3, -0.25) is 9.59 Å². The highest BCUT2D eigenvalue weighted by Crippen LogP contribution is 2.23. The third kappa shape index (κ3) is 1.82. The summed E-state index contributed by atoms with van der Waals surface area (Å²) >= 11 is 0. The van der Waals surface area contributed by atoms with Crippen LogP contribution in [0.5, 0.6) is 0 Å². The highest BCUT2D eigenvalue weighted by molar-refractivity contribution is 5.87. The van der Waals surface area contributed by atoms with Gasteiger partial charge in [-0.1, -0.05) is 6.92 Å². The zero-order valence-corrected chi connectivity index (χ0v) is 8.33. The largest absolute Gasteiger partial charge is 0.357 e. The SMILES string of the molecule is CNC(=O)[C@@H]1[C@H](C)CCN1C(C)=O. The predicted molar refractivity (Wildman–Crippen MR) is 49.0 cm³/mol. The maximum atomic E-state index is 11.4. The molecule has 0 unspecified atom stereocenters. The molecule has 0 bridgehead atoms. The summed E-state index contributed by atoms with van der Waals surface area (Å²) in [5.74, 6) is 0.196. The second kappa shape index (κ2) is 3.77. The number of carbonyl (C=O) groups is 2. The molecular weight excluding hydrogens is 168 g/mol. The molecule has 1 aliphatic heterocycles. The second-order valence-corrected chi connectivity index (χ2v) is 3.54. The van der Waals surface area contributed by atoms with Crippen molar-refractivity contribution in [2.24, 2.45) is 5.92 Å². The molecule has 0 saturated carbocycles. The van der Waals surface area contributed by atoms with Crippen molar-refractivity contribution in [1.29, 1.82) is 0 Å². The van der Waals surface area contributed by atoms with Gasteiger partial charge in [-0.25, -0.2) is 0 Å². The fourth-order valence-corrected chi connectivity index (χ4v) is 1.85. The van der Waals surface area contributed by atoms with E-state index in [1.165, 1.54) is 6.92 Å². The van der Waals surface area contributed by atoms with Crippen LogP contribution in [-0.2, 0) is 9.59 Å². The van der Waals surface area contributed by atoms with Crippen LogP contribution in [0, 0.1) is 5.92 Å². The van der Waals surface area contributed by atoms with Gasteiger partial charge >= 0.3 is 0 Å². The lowest BCUT2D eigenvalue weighted by atomic mass is 10.0. The van der Waals surface area contributed by atoms with Gasteiger partial charge in [0.05, 0.1) is 0 Å². The molecule has 0 radical (unpaired) electrons. The number of rotatable bonds is 1. The van der Waals surface area contributed by atoms with Crippen LogP contribution in [0.4, 0.5) is 0 Å². The fourth-order valence-electron chi connectivity index (χ4n) is 1.85. The molecule has 0 spiro atoms. The van der Waals surface area contributed by atoms with Crippen molar-refractivity contribution in [3.8, 4) is 0 Å². The van der Waals surface area contributed by atoms with Gasteiger partial charge in [0.2, 0.25) is 11.8 Å². The molecule has 1 N–H and O–H groups in total. The average Bonchev–Trinajstić information content (AvgIpc) is 2.46. The van der Waals surface area contributed by atoms with Crippen LogP contribution in [0.2, 0.25) is 0 Å². The molecule has 0 aromatic rings. The Morgan fingerprint density at radius 1 is 1.46 bits per heavy atom. The smallest absolute Gasteiger partial charge is 0.242 e. The summed E-state index contributed by atoms with van der Waals surface area (Å²) in [5, 5.41) is 2.59. The second-order valence-electron chi connectivity index (χ2n) is 3.54. The summed E-state index contributed by atoms with van der Waals surface area (Å²) in [4.78, 5) is 24.2. The lowest BCUT2D eigenvalue weighted by molar-refractivity contribution is -0.137. The maximum absolute atomic E-state index is 11.4. The zero-order valence-electron chi connectivity index (χ0n) is 8.33. The fraction of sp³-hybridized carbons (Fsp3) is 0.778. The number of carbonyl (C=O) groups excluding carboxylic acids is 2. The molecule has 2 amide bonds. The number of likely N-dealkylation sites (N-methyl/N-ethyl adjacent to an activating group) is 1. The Bertz CT molecular complexity index is 228. The van der Waals surface area contributed by atoms with Crippen LogP contribution < -0.4 is 5.32 Å². The van der Waals surface area contributed by atoms with Crippen molar-refractivity contribution in [3.63, 3.8) is 0 Å². The normalized spacial score (nSPS) is 27.5. The van der Waals surface area contributed by atoms with Gasteiger partial charge in [-0.2, -0.15) is 0 Å². The predicted octanol–water partition coefficient (Wildman–Crippen LogP) is -0.0107. The molecule has 74 valence electrons. The van der Waals surface area contributed by atoms with Gasteiger partial charge in [0.25, 0.3) is 0 Å². The molecular formula is C9H16N2O2. The summed E-state index contributed by atoms with van der Waals surface area (Å²) in [6.45, 7) is 4.21. The van der Waals surface area contributed by atoms with Gasteiger partial charge in [-0.15, -0.1) is 0 Å². The minimum atomic E-state index is -0.262. The lowest BCUT2D eigenvalue weighted by Crippen LogP contribution is -2.46. The standard InChI is InChI=1S/C9H16N2O2/c1-6-4-5-11(7(2)12)8(6)9(13)10-3/h6,8H,4-5H2,1-3H3,(H,10,13)/t6-,8+/m1/s1. The van der Waals surface area contributed by atoms with Crippen LogP contribution in [0.1, 0.15) is 20.3 Å². The quantitative estimate of drug-likeness (QED) is 0.623. The molecule has 13 heavy (non-hydrogen) atoms. The van der Waals surface area contributed by atoms with Crippen LogP contribution >= 0.6 is 0 Å². The Morgan fingerprint density at radius 2 is 2.08 bits per heavy atom. The van der Waals surface area contributed by atoms with Gasteiger partial charge in [0, 0.05) is 20.5 Å². The molecule has 1 aliphatic rings. The van der Waals surface area contributed by atoms with E-state index in [1.807, 2.05) is 6.92 Å². The molecule has 0 aromatic heterocycles. The molecule has 0 aromatic carbocycles. The molecule has 2 atom stereocenters. The van der Waals surface area contributed by atoms with Gasteiger partial charge in [0.1, 0.15) is 6.04 Å². The summed E-state index contributed by atoms with van der Waals surface area (Å²) < 4.78 is 0. The number of hydrogen-bond donors (Lipinski definition) is 1. The van der Waals surface area contributed by atoms with E-state index in [9.17, 15) is 9.59 Å². The van der Waals surface area contributed by atoms with E-state index < -0.39 is 0 Å². The molecule has 4 heteroatoms. The van der Waals surface area contributed by atoms with E-state index in [2.05, 4.69) is 5.32 Å². The van der Waals surface area contributed by atoms with Crippen molar-refractivity contribution < 1.29 is 9.59 Å². The first-order valence-corrected chi connectivity index (χ1v) is 4.56. The van der Waals surface area contributed by atoms with E-state index in [0.717, 1.165) is 6.42 Å². The van der Waals surface area contributed by atoms with Crippen LogP contribution in [-0.4, -0.2) is 36.3 Å². The van der Waals surface area contributed by atoms with E-state index >= 15 is 0 Å². The molecule has 1 rings (SSSR count). The summed E-state index contributed by atoms with van der Waals surface area (Å²) in [6.07, 6.45) is 0.914. The molecule has 1 fully saturated rings. The summed E-state index contributed by atoms with van der Waals surface area (Å²) in [5.41, 5.74) is 0. The Morgan fingerprint density at radius 3 is 2.54 bits per heavy atom. The van der Waals surface area contributed by atoms with Crippen LogP contribution in [0.25, 0.3) is 0 Å². The number of nitrogens with one attached hydrogen (secondary N) is 1. The number of hydrogen-bond acceptors (Lipinski definition) is 2. The van der Waals surface area contributed by atoms with Crippen molar-refractivity contribution in [2.45, 2.75) is 26.3 Å². The van der Waals surface area contributed by atoms with Crippen LogP contribution in [0.15, 0.2) is 0 Å². The van der Waals surface area contributed by atoms with E-state index in [-0.39, 0.29) is 23.8 Å². The van der Waals surface area contributed by atoms with Crippen LogP contribution in [0.3, 0.4) is 0 Å². The monoisotopic (exact) mass is 184 g/mol. The van der Waals surface area contributed by atoms with E-state index in [4.69, 9.17) is 0 Å². The average molecular weight is 184 g/mol. The Hall–Kier alpha value is -1.06. The first-order chi connectivity index (χ1) is 6.07. The van der Waals surface area contributed by atoms with E-state index in [0.29, 0.717) is 6.54 Å². The first kappa shape index (κ1) is 10.0. The van der Waals surface area contributed by atoms with E-state index in [1.54, 1.807) is 11.9 Å². The minimum absolute atomic E-state index is 0.0158. The van der Waals surface area contributed by atoms with Gasteiger partial charge < -0.3 is 10.2 Å². The zero-order chi connectivity index (χ0) is 10.0. The number of amides is 2. The number of nitrogens with zero attached hydrogens (tertiary/aromatic N) is 1. The van der Waals surface area contributed by atoms with Crippen molar-refractivity contribution in [2.75, 3.05) is 13.6 Å². The van der Waals surface area contributed by atoms with Gasteiger partial charge in [0.15, 0.2) is 0 Å². The Kier molecular flexibility index (Phi) is 2.90. The Balaban J connectivity index is 2.76. The molecule has 0 aliphatic carbocycles. The first-order valence-electron chi connectivity index (χ1n) is 4.56. The number of likely N-dealkylation sites (tertiary alicyclic amines) is 1. The third-order valence-electron chi connectivity index (χ3n) is 2.62. The van der Waals surface area contributed by atoms with Crippen molar-refractivity contribution >= 4 is 11.8 Å². The molecule has 1 saturated heterocycles. The highest BCUT2D eigenvalue weighted by Gasteiger charge is 2.37. The Labute approximate surface area is 78.3 Å². The maximum Gasteiger partial charge on any atom is 0.242 e.